The number of hydrogen-bond donors (Lipinski definition) is 2. The van der Waals surface area contributed by atoms with E-state index in [4.69, 9.17) is 10.5 Å². The van der Waals surface area contributed by atoms with Crippen LogP contribution in [0.5, 0.6) is 0 Å². The highest BCUT2D eigenvalue weighted by Crippen LogP contribution is 2.35. The van der Waals surface area contributed by atoms with Crippen LogP contribution in [0, 0.1) is 5.92 Å². The molecule has 0 radical (unpaired) electrons. The van der Waals surface area contributed by atoms with Gasteiger partial charge in [0.25, 0.3) is 0 Å². The van der Waals surface area contributed by atoms with Crippen LogP contribution < -0.4 is 5.73 Å². The Hall–Kier alpha value is -1.06. The van der Waals surface area contributed by atoms with Crippen molar-refractivity contribution < 1.29 is 9.84 Å². The third-order valence-electron chi connectivity index (χ3n) is 3.43. The third kappa shape index (κ3) is 2.20. The Labute approximate surface area is 96.2 Å². The molecule has 1 aromatic rings. The number of hydrogen-bond acceptors (Lipinski definition) is 3. The third-order valence-corrected chi connectivity index (χ3v) is 3.43. The first-order valence-corrected chi connectivity index (χ1v) is 5.77. The molecule has 2 unspecified atom stereocenters. The van der Waals surface area contributed by atoms with Crippen molar-refractivity contribution in [2.24, 2.45) is 5.92 Å². The molecule has 3 heteroatoms. The monoisotopic (exact) mass is 221 g/mol. The Kier molecular flexibility index (Phi) is 3.17. The summed E-state index contributed by atoms with van der Waals surface area (Å²) in [5.41, 5.74) is 6.46. The Morgan fingerprint density at radius 2 is 2.31 bits per heavy atom. The molecule has 0 aliphatic carbocycles. The number of rotatable bonds is 2. The van der Waals surface area contributed by atoms with Crippen LogP contribution in [-0.4, -0.2) is 18.3 Å². The summed E-state index contributed by atoms with van der Waals surface area (Å²) in [5.74, 6) is 0.156. The molecule has 3 N–H and O–H groups in total. The first kappa shape index (κ1) is 11.4. The van der Waals surface area contributed by atoms with Crippen molar-refractivity contribution >= 4 is 5.69 Å². The molecule has 0 bridgehead atoms. The molecule has 1 fully saturated rings. The van der Waals surface area contributed by atoms with E-state index in [2.05, 4.69) is 0 Å². The van der Waals surface area contributed by atoms with Gasteiger partial charge in [-0.05, 0) is 37.5 Å². The van der Waals surface area contributed by atoms with Crippen LogP contribution in [0.3, 0.4) is 0 Å². The number of anilines is 1. The fourth-order valence-corrected chi connectivity index (χ4v) is 2.27. The van der Waals surface area contributed by atoms with Crippen molar-refractivity contribution in [2.75, 3.05) is 18.9 Å². The van der Waals surface area contributed by atoms with Crippen molar-refractivity contribution in [3.63, 3.8) is 0 Å². The van der Waals surface area contributed by atoms with E-state index in [0.717, 1.165) is 25.0 Å². The van der Waals surface area contributed by atoms with Crippen molar-refractivity contribution in [1.82, 2.24) is 0 Å². The van der Waals surface area contributed by atoms with Gasteiger partial charge in [0.1, 0.15) is 0 Å². The van der Waals surface area contributed by atoms with Crippen molar-refractivity contribution in [3.8, 4) is 0 Å². The highest BCUT2D eigenvalue weighted by Gasteiger charge is 2.34. The summed E-state index contributed by atoms with van der Waals surface area (Å²) in [6, 6.07) is 7.47. The summed E-state index contributed by atoms with van der Waals surface area (Å²) in [6.07, 6.45) is 2.02. The number of aliphatic hydroxyl groups is 1. The Balaban J connectivity index is 2.22. The number of nitrogen functional groups attached to an aromatic ring is 1. The molecule has 0 amide bonds. The van der Waals surface area contributed by atoms with Crippen LogP contribution >= 0.6 is 0 Å². The van der Waals surface area contributed by atoms with Gasteiger partial charge in [-0.1, -0.05) is 12.1 Å². The zero-order chi connectivity index (χ0) is 11.6. The van der Waals surface area contributed by atoms with E-state index >= 15 is 0 Å². The topological polar surface area (TPSA) is 55.5 Å². The van der Waals surface area contributed by atoms with E-state index in [1.165, 1.54) is 0 Å². The van der Waals surface area contributed by atoms with E-state index < -0.39 is 5.60 Å². The molecule has 88 valence electrons. The summed E-state index contributed by atoms with van der Waals surface area (Å²) in [6.45, 7) is 3.28. The summed E-state index contributed by atoms with van der Waals surface area (Å²) in [7, 11) is 0. The minimum absolute atomic E-state index is 0.156. The predicted octanol–water partition coefficient (Wildman–Crippen LogP) is 1.90. The number of ether oxygens (including phenoxy) is 1. The molecule has 0 saturated carbocycles. The molecular formula is C13H19NO2. The lowest BCUT2D eigenvalue weighted by Crippen LogP contribution is -2.37. The minimum atomic E-state index is -0.851. The SMILES string of the molecule is CC(O)(c1cccc(N)c1)C1CCCOC1. The smallest absolute Gasteiger partial charge is 0.0919 e. The Bertz CT molecular complexity index is 357. The standard InChI is InChI=1S/C13H19NO2/c1-13(15,11-5-3-7-16-9-11)10-4-2-6-12(14)8-10/h2,4,6,8,11,15H,3,5,7,9,14H2,1H3. The molecular weight excluding hydrogens is 202 g/mol. The van der Waals surface area contributed by atoms with Gasteiger partial charge in [-0.25, -0.2) is 0 Å². The molecule has 0 aromatic heterocycles. The van der Waals surface area contributed by atoms with Crippen molar-refractivity contribution in [3.05, 3.63) is 29.8 Å². The molecule has 1 aliphatic rings. The van der Waals surface area contributed by atoms with Crippen LogP contribution in [0.15, 0.2) is 24.3 Å². The van der Waals surface area contributed by atoms with Gasteiger partial charge in [-0.2, -0.15) is 0 Å². The second kappa shape index (κ2) is 4.44. The number of benzene rings is 1. The maximum absolute atomic E-state index is 10.6. The van der Waals surface area contributed by atoms with Gasteiger partial charge in [0.2, 0.25) is 0 Å². The maximum atomic E-state index is 10.6. The van der Waals surface area contributed by atoms with Crippen LogP contribution in [-0.2, 0) is 10.3 Å². The largest absolute Gasteiger partial charge is 0.399 e. The van der Waals surface area contributed by atoms with Gasteiger partial charge < -0.3 is 15.6 Å². The molecule has 1 aromatic carbocycles. The normalized spacial score (nSPS) is 25.0. The van der Waals surface area contributed by atoms with Gasteiger partial charge in [0, 0.05) is 18.2 Å². The highest BCUT2D eigenvalue weighted by molar-refractivity contribution is 5.42. The lowest BCUT2D eigenvalue weighted by atomic mass is 9.80. The van der Waals surface area contributed by atoms with Gasteiger partial charge in [-0.3, -0.25) is 0 Å². The molecule has 2 rings (SSSR count). The first-order chi connectivity index (χ1) is 7.60. The second-order valence-electron chi connectivity index (χ2n) is 4.69. The average Bonchev–Trinajstić information content (AvgIpc) is 2.30. The summed E-state index contributed by atoms with van der Waals surface area (Å²) < 4.78 is 5.43. The zero-order valence-electron chi connectivity index (χ0n) is 9.65. The Morgan fingerprint density at radius 3 is 2.94 bits per heavy atom. The van der Waals surface area contributed by atoms with Crippen molar-refractivity contribution in [2.45, 2.75) is 25.4 Å². The van der Waals surface area contributed by atoms with Gasteiger partial charge in [0.15, 0.2) is 0 Å². The first-order valence-electron chi connectivity index (χ1n) is 5.77. The Morgan fingerprint density at radius 1 is 1.50 bits per heavy atom. The molecule has 0 spiro atoms. The van der Waals surface area contributed by atoms with E-state index in [1.54, 1.807) is 0 Å². The van der Waals surface area contributed by atoms with E-state index in [1.807, 2.05) is 31.2 Å². The quantitative estimate of drug-likeness (QED) is 0.750. The van der Waals surface area contributed by atoms with E-state index in [-0.39, 0.29) is 5.92 Å². The highest BCUT2D eigenvalue weighted by atomic mass is 16.5. The predicted molar refractivity (Wildman–Crippen MR) is 64.0 cm³/mol. The maximum Gasteiger partial charge on any atom is 0.0919 e. The summed E-state index contributed by atoms with van der Waals surface area (Å²) in [5, 5.41) is 10.6. The van der Waals surface area contributed by atoms with E-state index in [9.17, 15) is 5.11 Å². The van der Waals surface area contributed by atoms with E-state index in [0.29, 0.717) is 12.3 Å². The lowest BCUT2D eigenvalue weighted by Gasteiger charge is -2.35. The van der Waals surface area contributed by atoms with Crippen LogP contribution in [0.4, 0.5) is 5.69 Å². The van der Waals surface area contributed by atoms with Crippen molar-refractivity contribution in [1.29, 1.82) is 0 Å². The molecule has 2 atom stereocenters. The molecule has 1 aliphatic heterocycles. The van der Waals surface area contributed by atoms with Gasteiger partial charge >= 0.3 is 0 Å². The van der Waals surface area contributed by atoms with Gasteiger partial charge in [-0.15, -0.1) is 0 Å². The summed E-state index contributed by atoms with van der Waals surface area (Å²) >= 11 is 0. The fraction of sp³-hybridized carbons (Fsp3) is 0.538. The minimum Gasteiger partial charge on any atom is -0.399 e. The summed E-state index contributed by atoms with van der Waals surface area (Å²) in [4.78, 5) is 0. The fourth-order valence-electron chi connectivity index (χ4n) is 2.27. The molecule has 3 nitrogen and oxygen atoms in total. The van der Waals surface area contributed by atoms with Gasteiger partial charge in [0.05, 0.1) is 12.2 Å². The molecule has 16 heavy (non-hydrogen) atoms. The van der Waals surface area contributed by atoms with Crippen LogP contribution in [0.25, 0.3) is 0 Å². The average molecular weight is 221 g/mol. The second-order valence-corrected chi connectivity index (χ2v) is 4.69. The number of nitrogens with two attached hydrogens (primary N) is 1. The lowest BCUT2D eigenvalue weighted by molar-refractivity contribution is -0.0723. The van der Waals surface area contributed by atoms with Crippen LogP contribution in [0.1, 0.15) is 25.3 Å². The zero-order valence-corrected chi connectivity index (χ0v) is 9.65. The van der Waals surface area contributed by atoms with Crippen LogP contribution in [0.2, 0.25) is 0 Å². The molecule has 1 saturated heterocycles. The molecule has 1 heterocycles.